The van der Waals surface area contributed by atoms with E-state index in [0.29, 0.717) is 44.0 Å². The van der Waals surface area contributed by atoms with E-state index in [-0.39, 0.29) is 29.9 Å². The molecule has 0 unspecified atom stereocenters. The number of nitrogens with zero attached hydrogens (tertiary/aromatic N) is 2. The lowest BCUT2D eigenvalue weighted by atomic mass is 10.1. The molecule has 1 amide bonds. The number of rotatable bonds is 8. The molecule has 0 spiro atoms. The molecule has 0 bridgehead atoms. The topological polar surface area (TPSA) is 87.6 Å². The zero-order chi connectivity index (χ0) is 19.3. The van der Waals surface area contributed by atoms with Crippen LogP contribution in [0, 0.1) is 6.92 Å². The second-order valence-electron chi connectivity index (χ2n) is 6.87. The first-order valence-corrected chi connectivity index (χ1v) is 9.97. The van der Waals surface area contributed by atoms with Crippen LogP contribution in [0.1, 0.15) is 50.6 Å². The molecule has 0 radical (unpaired) electrons. The number of anilines is 1. The number of aliphatic imine (C=N–C) groups is 1. The molecule has 0 atom stereocenters. The van der Waals surface area contributed by atoms with Crippen molar-refractivity contribution in [2.75, 3.05) is 32.1 Å². The number of pyridine rings is 1. The molecule has 28 heavy (non-hydrogen) atoms. The molecule has 1 saturated carbocycles. The highest BCUT2D eigenvalue weighted by Gasteiger charge is 2.12. The second kappa shape index (κ2) is 14.6. The number of hydrogen-bond acceptors (Lipinski definition) is 4. The Labute approximate surface area is 185 Å². The fourth-order valence-corrected chi connectivity index (χ4v) is 3.14. The lowest BCUT2D eigenvalue weighted by Crippen LogP contribution is -2.40. The Kier molecular flexibility index (Phi) is 12.8. The molecule has 1 aromatic heterocycles. The van der Waals surface area contributed by atoms with E-state index in [9.17, 15) is 4.79 Å². The van der Waals surface area contributed by atoms with Crippen LogP contribution in [0.15, 0.2) is 23.2 Å². The molecule has 2 rings (SSSR count). The number of aromatic nitrogens is 1. The predicted octanol–water partition coefficient (Wildman–Crippen LogP) is 3.24. The average molecular weight is 503 g/mol. The Morgan fingerprint density at radius 3 is 2.57 bits per heavy atom. The monoisotopic (exact) mass is 503 g/mol. The van der Waals surface area contributed by atoms with Gasteiger partial charge in [0.1, 0.15) is 5.82 Å². The van der Waals surface area contributed by atoms with Crippen LogP contribution in [0.5, 0.6) is 0 Å². The highest BCUT2D eigenvalue weighted by molar-refractivity contribution is 14.0. The third-order valence-electron chi connectivity index (χ3n) is 4.57. The van der Waals surface area contributed by atoms with Gasteiger partial charge in [-0.15, -0.1) is 24.0 Å². The summed E-state index contributed by atoms with van der Waals surface area (Å²) in [5.41, 5.74) is 0.876. The lowest BCUT2D eigenvalue weighted by molar-refractivity contribution is -0.116. The highest BCUT2D eigenvalue weighted by atomic mass is 127. The van der Waals surface area contributed by atoms with Gasteiger partial charge in [0.05, 0.1) is 12.7 Å². The van der Waals surface area contributed by atoms with Crippen molar-refractivity contribution in [2.45, 2.75) is 58.0 Å². The third kappa shape index (κ3) is 10.2. The third-order valence-corrected chi connectivity index (χ3v) is 4.57. The number of aryl methyl sites for hydroxylation is 1. The maximum absolute atomic E-state index is 12.0. The van der Waals surface area contributed by atoms with Crippen LogP contribution in [0.25, 0.3) is 0 Å². The van der Waals surface area contributed by atoms with Crippen molar-refractivity contribution in [1.82, 2.24) is 15.6 Å². The van der Waals surface area contributed by atoms with Gasteiger partial charge in [-0.25, -0.2) is 4.98 Å². The fraction of sp³-hybridized carbons (Fsp3) is 0.650. The molecule has 0 aromatic carbocycles. The van der Waals surface area contributed by atoms with Gasteiger partial charge in [0.15, 0.2) is 5.96 Å². The molecule has 1 aromatic rings. The largest absolute Gasteiger partial charge is 0.376 e. The molecular weight excluding hydrogens is 469 g/mol. The van der Waals surface area contributed by atoms with E-state index in [1.54, 1.807) is 13.1 Å². The summed E-state index contributed by atoms with van der Waals surface area (Å²) >= 11 is 0. The molecule has 7 nitrogen and oxygen atoms in total. The van der Waals surface area contributed by atoms with E-state index in [1.807, 2.05) is 19.1 Å². The minimum Gasteiger partial charge on any atom is -0.376 e. The standard InChI is InChI=1S/C20H33N5O2.HI/c1-16-8-7-11-18(24-16)25-19(26)12-13-22-20(21-2)23-14-15-27-17-9-5-3-4-6-10-17;/h7-8,11,17H,3-6,9-10,12-15H2,1-2H3,(H2,21,22,23)(H,24,25,26);1H. The van der Waals surface area contributed by atoms with Gasteiger partial charge in [-0.2, -0.15) is 0 Å². The van der Waals surface area contributed by atoms with E-state index >= 15 is 0 Å². The van der Waals surface area contributed by atoms with Crippen molar-refractivity contribution >= 4 is 41.7 Å². The Morgan fingerprint density at radius 2 is 1.89 bits per heavy atom. The summed E-state index contributed by atoms with van der Waals surface area (Å²) < 4.78 is 5.96. The number of carbonyl (C=O) groups is 1. The first kappa shape index (κ1) is 24.6. The number of amides is 1. The fourth-order valence-electron chi connectivity index (χ4n) is 3.14. The molecule has 1 heterocycles. The zero-order valence-electron chi connectivity index (χ0n) is 17.0. The van der Waals surface area contributed by atoms with Crippen LogP contribution in [0.2, 0.25) is 0 Å². The summed E-state index contributed by atoms with van der Waals surface area (Å²) in [6.45, 7) is 3.77. The van der Waals surface area contributed by atoms with Gasteiger partial charge in [-0.05, 0) is 31.9 Å². The average Bonchev–Trinajstić information content (AvgIpc) is 2.92. The molecular formula is C20H34IN5O2. The van der Waals surface area contributed by atoms with Crippen molar-refractivity contribution in [3.05, 3.63) is 23.9 Å². The molecule has 0 saturated heterocycles. The van der Waals surface area contributed by atoms with Crippen LogP contribution in [0.4, 0.5) is 5.82 Å². The van der Waals surface area contributed by atoms with Gasteiger partial charge >= 0.3 is 0 Å². The SMILES string of the molecule is CN=C(NCCOC1CCCCCC1)NCCC(=O)Nc1cccc(C)n1.I. The van der Waals surface area contributed by atoms with E-state index in [2.05, 4.69) is 25.9 Å². The first-order valence-electron chi connectivity index (χ1n) is 9.97. The Hall–Kier alpha value is -1.42. The molecule has 8 heteroatoms. The maximum Gasteiger partial charge on any atom is 0.227 e. The summed E-state index contributed by atoms with van der Waals surface area (Å²) in [5.74, 6) is 1.19. The normalized spacial score (nSPS) is 15.3. The molecule has 3 N–H and O–H groups in total. The summed E-state index contributed by atoms with van der Waals surface area (Å²) in [6.07, 6.45) is 8.33. The number of nitrogens with one attached hydrogen (secondary N) is 3. The molecule has 158 valence electrons. The van der Waals surface area contributed by atoms with Crippen LogP contribution in [-0.4, -0.2) is 49.7 Å². The molecule has 1 aliphatic carbocycles. The minimum atomic E-state index is -0.0762. The minimum absolute atomic E-state index is 0. The van der Waals surface area contributed by atoms with Crippen LogP contribution in [-0.2, 0) is 9.53 Å². The highest BCUT2D eigenvalue weighted by Crippen LogP contribution is 2.19. The van der Waals surface area contributed by atoms with Crippen molar-refractivity contribution in [1.29, 1.82) is 0 Å². The van der Waals surface area contributed by atoms with Crippen molar-refractivity contribution < 1.29 is 9.53 Å². The van der Waals surface area contributed by atoms with E-state index in [0.717, 1.165) is 5.69 Å². The van der Waals surface area contributed by atoms with Gasteiger partial charge in [0.2, 0.25) is 5.91 Å². The maximum atomic E-state index is 12.0. The molecule has 1 aliphatic rings. The van der Waals surface area contributed by atoms with E-state index < -0.39 is 0 Å². The van der Waals surface area contributed by atoms with E-state index in [1.165, 1.54) is 38.5 Å². The Bertz CT molecular complexity index is 604. The number of halogens is 1. The summed E-state index contributed by atoms with van der Waals surface area (Å²) in [5, 5.41) is 9.17. The number of guanidine groups is 1. The number of ether oxygens (including phenoxy) is 1. The van der Waals surface area contributed by atoms with Crippen molar-refractivity contribution in [2.24, 2.45) is 4.99 Å². The van der Waals surface area contributed by atoms with Gasteiger partial charge in [-0.1, -0.05) is 31.7 Å². The smallest absolute Gasteiger partial charge is 0.227 e. The van der Waals surface area contributed by atoms with Crippen molar-refractivity contribution in [3.8, 4) is 0 Å². The van der Waals surface area contributed by atoms with Gasteiger partial charge in [0.25, 0.3) is 0 Å². The Balaban J connectivity index is 0.00000392. The summed E-state index contributed by atoms with van der Waals surface area (Å²) in [4.78, 5) is 20.4. The Morgan fingerprint density at radius 1 is 1.18 bits per heavy atom. The number of hydrogen-bond donors (Lipinski definition) is 3. The van der Waals surface area contributed by atoms with Gasteiger partial charge < -0.3 is 20.7 Å². The van der Waals surface area contributed by atoms with Crippen LogP contribution in [0.3, 0.4) is 0 Å². The van der Waals surface area contributed by atoms with E-state index in [4.69, 9.17) is 4.74 Å². The van der Waals surface area contributed by atoms with Gasteiger partial charge in [0, 0.05) is 32.3 Å². The first-order chi connectivity index (χ1) is 13.2. The summed E-state index contributed by atoms with van der Waals surface area (Å²) in [6, 6.07) is 5.55. The predicted molar refractivity (Wildman–Crippen MR) is 124 cm³/mol. The summed E-state index contributed by atoms with van der Waals surface area (Å²) in [7, 11) is 1.72. The number of carbonyl (C=O) groups excluding carboxylic acids is 1. The van der Waals surface area contributed by atoms with Gasteiger partial charge in [-0.3, -0.25) is 9.79 Å². The van der Waals surface area contributed by atoms with Crippen LogP contribution >= 0.6 is 24.0 Å². The van der Waals surface area contributed by atoms with Crippen LogP contribution < -0.4 is 16.0 Å². The molecule has 0 aliphatic heterocycles. The lowest BCUT2D eigenvalue weighted by Gasteiger charge is -2.16. The molecule has 1 fully saturated rings. The quantitative estimate of drug-likeness (QED) is 0.167. The zero-order valence-corrected chi connectivity index (χ0v) is 19.3. The second-order valence-corrected chi connectivity index (χ2v) is 6.87. The van der Waals surface area contributed by atoms with Crippen molar-refractivity contribution in [3.63, 3.8) is 0 Å².